The minimum Gasteiger partial charge on any atom is -0.357 e. The van der Waals surface area contributed by atoms with E-state index in [4.69, 9.17) is 0 Å². The molecule has 1 aromatic carbocycles. The maximum Gasteiger partial charge on any atom is 0.273 e. The molecule has 2 heterocycles. The van der Waals surface area contributed by atoms with Crippen molar-refractivity contribution in [2.45, 2.75) is 0 Å². The normalized spacial score (nSPS) is 10.6. The summed E-state index contributed by atoms with van der Waals surface area (Å²) >= 11 is 1.38. The number of hydrogen-bond acceptors (Lipinski definition) is 3. The maximum atomic E-state index is 11.8. The summed E-state index contributed by atoms with van der Waals surface area (Å²) in [6.45, 7) is 0. The molecular weight excluding hydrogens is 234 g/mol. The van der Waals surface area contributed by atoms with Gasteiger partial charge in [0.05, 0.1) is 4.70 Å². The molecule has 0 aliphatic heterocycles. The number of carbonyl (C=O) groups excluding carboxylic acids is 1. The molecule has 5 heteroatoms. The number of aromatic nitrogens is 2. The van der Waals surface area contributed by atoms with Crippen molar-refractivity contribution in [3.63, 3.8) is 0 Å². The van der Waals surface area contributed by atoms with Gasteiger partial charge in [0, 0.05) is 11.6 Å². The van der Waals surface area contributed by atoms with E-state index in [1.807, 2.05) is 24.3 Å². The summed E-state index contributed by atoms with van der Waals surface area (Å²) < 4.78 is 5.31. The lowest BCUT2D eigenvalue weighted by molar-refractivity contribution is 0.102. The van der Waals surface area contributed by atoms with Crippen LogP contribution >= 0.6 is 11.5 Å². The van der Waals surface area contributed by atoms with E-state index in [1.54, 1.807) is 18.3 Å². The van der Waals surface area contributed by atoms with Gasteiger partial charge in [0.15, 0.2) is 5.82 Å². The van der Waals surface area contributed by atoms with Gasteiger partial charge in [0.2, 0.25) is 0 Å². The van der Waals surface area contributed by atoms with Crippen molar-refractivity contribution in [2.75, 3.05) is 5.32 Å². The Morgan fingerprint density at radius 3 is 2.94 bits per heavy atom. The van der Waals surface area contributed by atoms with Gasteiger partial charge in [-0.2, -0.15) is 4.37 Å². The van der Waals surface area contributed by atoms with E-state index in [1.165, 1.54) is 11.5 Å². The fourth-order valence-corrected chi connectivity index (χ4v) is 2.36. The second-order valence-corrected chi connectivity index (χ2v) is 4.37. The molecule has 3 aromatic rings. The number of amides is 1. The lowest BCUT2D eigenvalue weighted by Crippen LogP contribution is -2.12. The summed E-state index contributed by atoms with van der Waals surface area (Å²) in [5.74, 6) is 0.441. The van der Waals surface area contributed by atoms with Crippen molar-refractivity contribution >= 4 is 33.3 Å². The van der Waals surface area contributed by atoms with Gasteiger partial charge in [-0.05, 0) is 35.8 Å². The zero-order valence-corrected chi connectivity index (χ0v) is 9.62. The smallest absolute Gasteiger partial charge is 0.273 e. The number of carbonyl (C=O) groups is 1. The highest BCUT2D eigenvalue weighted by atomic mass is 32.1. The lowest BCUT2D eigenvalue weighted by Gasteiger charge is -2.00. The number of benzene rings is 1. The van der Waals surface area contributed by atoms with Gasteiger partial charge in [-0.25, -0.2) is 0 Å². The number of H-pyrrole nitrogens is 1. The molecule has 0 radical (unpaired) electrons. The predicted octanol–water partition coefficient (Wildman–Crippen LogP) is 2.88. The third-order valence-corrected chi connectivity index (χ3v) is 3.28. The number of hydrogen-bond donors (Lipinski definition) is 2. The summed E-state index contributed by atoms with van der Waals surface area (Å²) in [4.78, 5) is 14.7. The zero-order chi connectivity index (χ0) is 11.7. The molecule has 84 valence electrons. The molecule has 0 aliphatic rings. The van der Waals surface area contributed by atoms with Crippen LogP contribution < -0.4 is 5.32 Å². The monoisotopic (exact) mass is 243 g/mol. The van der Waals surface area contributed by atoms with Crippen LogP contribution in [0.25, 0.3) is 10.1 Å². The summed E-state index contributed by atoms with van der Waals surface area (Å²) in [6, 6.07) is 11.3. The highest BCUT2D eigenvalue weighted by molar-refractivity contribution is 7.13. The van der Waals surface area contributed by atoms with Gasteiger partial charge >= 0.3 is 0 Å². The average molecular weight is 243 g/mol. The van der Waals surface area contributed by atoms with Crippen LogP contribution in [-0.4, -0.2) is 15.3 Å². The molecule has 0 spiro atoms. The first-order valence-corrected chi connectivity index (χ1v) is 5.91. The van der Waals surface area contributed by atoms with Crippen LogP contribution in [0.5, 0.6) is 0 Å². The molecule has 0 fully saturated rings. The Bertz CT molecular complexity index is 657. The maximum absolute atomic E-state index is 11.8. The molecule has 3 rings (SSSR count). The van der Waals surface area contributed by atoms with Crippen molar-refractivity contribution in [2.24, 2.45) is 0 Å². The lowest BCUT2D eigenvalue weighted by atomic mass is 10.2. The predicted molar refractivity (Wildman–Crippen MR) is 68.4 cm³/mol. The Labute approximate surface area is 101 Å². The van der Waals surface area contributed by atoms with Crippen LogP contribution in [0.4, 0.5) is 5.82 Å². The number of nitrogens with one attached hydrogen (secondary N) is 2. The SMILES string of the molecule is O=C(Nc1nsc2ccccc12)c1ccc[nH]1. The minimum absolute atomic E-state index is 0.175. The quantitative estimate of drug-likeness (QED) is 0.727. The van der Waals surface area contributed by atoms with Crippen LogP contribution in [0, 0.1) is 0 Å². The molecule has 0 aliphatic carbocycles. The highest BCUT2D eigenvalue weighted by Gasteiger charge is 2.11. The number of fused-ring (bicyclic) bond motifs is 1. The minimum atomic E-state index is -0.175. The van der Waals surface area contributed by atoms with Crippen molar-refractivity contribution < 1.29 is 4.79 Å². The molecule has 17 heavy (non-hydrogen) atoms. The molecule has 2 N–H and O–H groups in total. The third kappa shape index (κ3) is 1.81. The molecule has 1 amide bonds. The van der Waals surface area contributed by atoms with Gasteiger partial charge < -0.3 is 10.3 Å². The second-order valence-electron chi connectivity index (χ2n) is 3.57. The van der Waals surface area contributed by atoms with Gasteiger partial charge in [-0.1, -0.05) is 12.1 Å². The standard InChI is InChI=1S/C12H9N3OS/c16-12(9-5-3-7-13-9)14-11-8-4-1-2-6-10(8)17-15-11/h1-7,13H,(H,14,15,16). The third-order valence-electron chi connectivity index (χ3n) is 2.45. The van der Waals surface area contributed by atoms with Crippen LogP contribution in [0.15, 0.2) is 42.6 Å². The molecular formula is C12H9N3OS. The fraction of sp³-hybridized carbons (Fsp3) is 0. The first-order chi connectivity index (χ1) is 8.34. The van der Waals surface area contributed by atoms with Crippen LogP contribution in [0.1, 0.15) is 10.5 Å². The van der Waals surface area contributed by atoms with Crippen LogP contribution in [-0.2, 0) is 0 Å². The first-order valence-electron chi connectivity index (χ1n) is 5.14. The van der Waals surface area contributed by atoms with E-state index in [-0.39, 0.29) is 5.91 Å². The molecule has 0 unspecified atom stereocenters. The van der Waals surface area contributed by atoms with Crippen molar-refractivity contribution in [3.05, 3.63) is 48.3 Å². The molecule has 0 saturated heterocycles. The Morgan fingerprint density at radius 2 is 2.12 bits per heavy atom. The van der Waals surface area contributed by atoms with E-state index < -0.39 is 0 Å². The van der Waals surface area contributed by atoms with E-state index in [0.29, 0.717) is 11.5 Å². The summed E-state index contributed by atoms with van der Waals surface area (Å²) in [6.07, 6.45) is 1.72. The first kappa shape index (κ1) is 10.0. The number of aromatic amines is 1. The summed E-state index contributed by atoms with van der Waals surface area (Å²) in [7, 11) is 0. The topological polar surface area (TPSA) is 57.8 Å². The van der Waals surface area contributed by atoms with Crippen molar-refractivity contribution in [3.8, 4) is 0 Å². The molecule has 0 atom stereocenters. The molecule has 2 aromatic heterocycles. The van der Waals surface area contributed by atoms with E-state index in [2.05, 4.69) is 14.7 Å². The Hall–Kier alpha value is -2.14. The summed E-state index contributed by atoms with van der Waals surface area (Å²) in [5, 5.41) is 3.77. The number of rotatable bonds is 2. The van der Waals surface area contributed by atoms with E-state index >= 15 is 0 Å². The number of anilines is 1. The van der Waals surface area contributed by atoms with Crippen LogP contribution in [0.2, 0.25) is 0 Å². The highest BCUT2D eigenvalue weighted by Crippen LogP contribution is 2.26. The Morgan fingerprint density at radius 1 is 1.24 bits per heavy atom. The fourth-order valence-electron chi connectivity index (χ4n) is 1.62. The van der Waals surface area contributed by atoms with Gasteiger partial charge in [0.25, 0.3) is 5.91 Å². The number of nitrogens with zero attached hydrogens (tertiary/aromatic N) is 1. The van der Waals surface area contributed by atoms with Gasteiger partial charge in [0.1, 0.15) is 5.69 Å². The zero-order valence-electron chi connectivity index (χ0n) is 8.81. The molecule has 4 nitrogen and oxygen atoms in total. The van der Waals surface area contributed by atoms with Crippen molar-refractivity contribution in [1.29, 1.82) is 0 Å². The second kappa shape index (κ2) is 4.03. The van der Waals surface area contributed by atoms with Crippen molar-refractivity contribution in [1.82, 2.24) is 9.36 Å². The molecule has 0 bridgehead atoms. The Kier molecular flexibility index (Phi) is 2.38. The van der Waals surface area contributed by atoms with Crippen LogP contribution in [0.3, 0.4) is 0 Å². The van der Waals surface area contributed by atoms with Gasteiger partial charge in [-0.15, -0.1) is 0 Å². The largest absolute Gasteiger partial charge is 0.357 e. The molecule has 0 saturated carbocycles. The summed E-state index contributed by atoms with van der Waals surface area (Å²) in [5.41, 5.74) is 0.530. The average Bonchev–Trinajstić information content (AvgIpc) is 2.98. The van der Waals surface area contributed by atoms with Gasteiger partial charge in [-0.3, -0.25) is 4.79 Å². The Balaban J connectivity index is 1.93. The van der Waals surface area contributed by atoms with E-state index in [9.17, 15) is 4.79 Å². The van der Waals surface area contributed by atoms with E-state index in [0.717, 1.165) is 10.1 Å².